The van der Waals surface area contributed by atoms with Crippen molar-refractivity contribution in [3.63, 3.8) is 0 Å². The van der Waals surface area contributed by atoms with Gasteiger partial charge in [-0.25, -0.2) is 0 Å². The number of carbonyl (C=O) groups excluding carboxylic acids is 1. The summed E-state index contributed by atoms with van der Waals surface area (Å²) in [6, 6.07) is 7.78. The first-order valence-electron chi connectivity index (χ1n) is 6.75. The van der Waals surface area contributed by atoms with Crippen LogP contribution in [0.15, 0.2) is 36.9 Å². The second-order valence-corrected chi connectivity index (χ2v) is 5.65. The van der Waals surface area contributed by atoms with Crippen LogP contribution in [0.1, 0.15) is 26.3 Å². The van der Waals surface area contributed by atoms with Gasteiger partial charge in [0.1, 0.15) is 12.4 Å². The predicted octanol–water partition coefficient (Wildman–Crippen LogP) is 2.26. The van der Waals surface area contributed by atoms with Gasteiger partial charge >= 0.3 is 0 Å². The molecule has 1 amide bonds. The van der Waals surface area contributed by atoms with Gasteiger partial charge in [0.15, 0.2) is 0 Å². The number of nitrogens with one attached hydrogen (secondary N) is 2. The summed E-state index contributed by atoms with van der Waals surface area (Å²) in [4.78, 5) is 11.6. The third kappa shape index (κ3) is 6.95. The number of rotatable bonds is 7. The van der Waals surface area contributed by atoms with E-state index in [1.54, 1.807) is 6.08 Å². The van der Waals surface area contributed by atoms with E-state index in [9.17, 15) is 4.79 Å². The van der Waals surface area contributed by atoms with Crippen molar-refractivity contribution in [1.82, 2.24) is 10.6 Å². The van der Waals surface area contributed by atoms with E-state index in [-0.39, 0.29) is 11.4 Å². The summed E-state index contributed by atoms with van der Waals surface area (Å²) in [6.07, 6.45) is 1.71. The molecule has 0 aromatic heterocycles. The third-order valence-corrected chi connectivity index (χ3v) is 2.42. The topological polar surface area (TPSA) is 50.4 Å². The molecule has 1 aromatic carbocycles. The lowest BCUT2D eigenvalue weighted by Crippen LogP contribution is -2.44. The molecule has 4 heteroatoms. The highest BCUT2D eigenvalue weighted by molar-refractivity contribution is 5.78. The van der Waals surface area contributed by atoms with Crippen LogP contribution >= 0.6 is 0 Å². The van der Waals surface area contributed by atoms with Crippen LogP contribution in [0.5, 0.6) is 5.75 Å². The number of benzene rings is 1. The van der Waals surface area contributed by atoms with Crippen molar-refractivity contribution < 1.29 is 9.53 Å². The van der Waals surface area contributed by atoms with Crippen LogP contribution < -0.4 is 15.4 Å². The fourth-order valence-corrected chi connectivity index (χ4v) is 1.64. The number of hydrogen-bond acceptors (Lipinski definition) is 3. The van der Waals surface area contributed by atoms with Gasteiger partial charge in [0.25, 0.3) is 0 Å². The quantitative estimate of drug-likeness (QED) is 0.751. The van der Waals surface area contributed by atoms with Crippen molar-refractivity contribution in [3.8, 4) is 5.75 Å². The maximum atomic E-state index is 11.6. The Morgan fingerprint density at radius 1 is 1.30 bits per heavy atom. The summed E-state index contributed by atoms with van der Waals surface area (Å²) in [6.45, 7) is 11.0. The Kier molecular flexibility index (Phi) is 6.25. The van der Waals surface area contributed by atoms with Crippen LogP contribution in [0.25, 0.3) is 0 Å². The van der Waals surface area contributed by atoms with E-state index in [0.29, 0.717) is 19.7 Å². The largest absolute Gasteiger partial charge is 0.490 e. The minimum Gasteiger partial charge on any atom is -0.490 e. The van der Waals surface area contributed by atoms with Crippen molar-refractivity contribution >= 4 is 5.91 Å². The molecule has 0 spiro atoms. The van der Waals surface area contributed by atoms with E-state index in [0.717, 1.165) is 11.3 Å². The zero-order chi connectivity index (χ0) is 15.0. The average molecular weight is 276 g/mol. The van der Waals surface area contributed by atoms with Crippen LogP contribution in [-0.4, -0.2) is 24.6 Å². The van der Waals surface area contributed by atoms with Gasteiger partial charge in [0.2, 0.25) is 5.91 Å². The van der Waals surface area contributed by atoms with Crippen LogP contribution in [0.4, 0.5) is 0 Å². The van der Waals surface area contributed by atoms with Crippen LogP contribution in [0.2, 0.25) is 0 Å². The highest BCUT2D eigenvalue weighted by atomic mass is 16.5. The van der Waals surface area contributed by atoms with E-state index in [2.05, 4.69) is 17.2 Å². The predicted molar refractivity (Wildman–Crippen MR) is 81.7 cm³/mol. The minimum atomic E-state index is -0.192. The lowest BCUT2D eigenvalue weighted by molar-refractivity contribution is -0.121. The van der Waals surface area contributed by atoms with Gasteiger partial charge < -0.3 is 15.4 Å². The molecule has 0 saturated heterocycles. The van der Waals surface area contributed by atoms with Gasteiger partial charge in [0, 0.05) is 12.1 Å². The van der Waals surface area contributed by atoms with Crippen molar-refractivity contribution in [3.05, 3.63) is 42.5 Å². The highest BCUT2D eigenvalue weighted by Gasteiger charge is 2.12. The van der Waals surface area contributed by atoms with Crippen LogP contribution in [0, 0.1) is 0 Å². The zero-order valence-corrected chi connectivity index (χ0v) is 12.5. The maximum Gasteiger partial charge on any atom is 0.234 e. The SMILES string of the molecule is C=CCOc1ccc(CNCC(=O)NC(C)(C)C)cc1. The Labute approximate surface area is 121 Å². The molecule has 0 bridgehead atoms. The molecule has 0 fully saturated rings. The van der Waals surface area contributed by atoms with Gasteiger partial charge in [-0.2, -0.15) is 0 Å². The highest BCUT2D eigenvalue weighted by Crippen LogP contribution is 2.11. The third-order valence-electron chi connectivity index (χ3n) is 2.42. The normalized spacial score (nSPS) is 10.9. The van der Waals surface area contributed by atoms with Gasteiger partial charge in [-0.15, -0.1) is 0 Å². The smallest absolute Gasteiger partial charge is 0.234 e. The summed E-state index contributed by atoms with van der Waals surface area (Å²) in [5.41, 5.74) is 0.919. The lowest BCUT2D eigenvalue weighted by atomic mass is 10.1. The molecule has 1 rings (SSSR count). The second-order valence-electron chi connectivity index (χ2n) is 5.65. The summed E-state index contributed by atoms with van der Waals surface area (Å²) in [5, 5.41) is 6.02. The summed E-state index contributed by atoms with van der Waals surface area (Å²) < 4.78 is 5.41. The monoisotopic (exact) mass is 276 g/mol. The molecule has 2 N–H and O–H groups in total. The summed E-state index contributed by atoms with van der Waals surface area (Å²) >= 11 is 0. The number of ether oxygens (including phenoxy) is 1. The zero-order valence-electron chi connectivity index (χ0n) is 12.5. The molecule has 0 aliphatic heterocycles. The van der Waals surface area contributed by atoms with Crippen LogP contribution in [-0.2, 0) is 11.3 Å². The Balaban J connectivity index is 2.31. The van der Waals surface area contributed by atoms with E-state index < -0.39 is 0 Å². The van der Waals surface area contributed by atoms with Crippen LogP contribution in [0.3, 0.4) is 0 Å². The Bertz CT molecular complexity index is 433. The first-order chi connectivity index (χ1) is 9.40. The molecule has 20 heavy (non-hydrogen) atoms. The second kappa shape index (κ2) is 7.70. The summed E-state index contributed by atoms with van der Waals surface area (Å²) in [5.74, 6) is 0.822. The fourth-order valence-electron chi connectivity index (χ4n) is 1.64. The molecule has 1 aromatic rings. The van der Waals surface area contributed by atoms with Crippen molar-refractivity contribution in [2.24, 2.45) is 0 Å². The van der Waals surface area contributed by atoms with Gasteiger partial charge in [-0.3, -0.25) is 4.79 Å². The Morgan fingerprint density at radius 2 is 1.95 bits per heavy atom. The molecule has 0 unspecified atom stereocenters. The van der Waals surface area contributed by atoms with E-state index >= 15 is 0 Å². The maximum absolute atomic E-state index is 11.6. The fraction of sp³-hybridized carbons (Fsp3) is 0.438. The summed E-state index contributed by atoms with van der Waals surface area (Å²) in [7, 11) is 0. The molecular weight excluding hydrogens is 252 g/mol. The standard InChI is InChI=1S/C16H24N2O2/c1-5-10-20-14-8-6-13(7-9-14)11-17-12-15(19)18-16(2,3)4/h5-9,17H,1,10-12H2,2-4H3,(H,18,19). The van der Waals surface area contributed by atoms with Gasteiger partial charge in [0.05, 0.1) is 6.54 Å². The number of hydrogen-bond donors (Lipinski definition) is 2. The molecule has 0 atom stereocenters. The molecule has 0 heterocycles. The van der Waals surface area contributed by atoms with Crippen molar-refractivity contribution in [2.75, 3.05) is 13.2 Å². The molecule has 0 aliphatic rings. The van der Waals surface area contributed by atoms with Gasteiger partial charge in [-0.1, -0.05) is 24.8 Å². The molecule has 0 aliphatic carbocycles. The average Bonchev–Trinajstić information content (AvgIpc) is 2.35. The van der Waals surface area contributed by atoms with Gasteiger partial charge in [-0.05, 0) is 38.5 Å². The Hall–Kier alpha value is -1.81. The van der Waals surface area contributed by atoms with Crippen molar-refractivity contribution in [1.29, 1.82) is 0 Å². The molecule has 4 nitrogen and oxygen atoms in total. The number of carbonyl (C=O) groups is 1. The van der Waals surface area contributed by atoms with E-state index in [4.69, 9.17) is 4.74 Å². The molecule has 0 saturated carbocycles. The van der Waals surface area contributed by atoms with E-state index in [1.165, 1.54) is 0 Å². The lowest BCUT2D eigenvalue weighted by Gasteiger charge is -2.20. The molecule has 110 valence electrons. The number of amides is 1. The first kappa shape index (κ1) is 16.2. The molecule has 0 radical (unpaired) electrons. The first-order valence-corrected chi connectivity index (χ1v) is 6.75. The molecular formula is C16H24N2O2. The Morgan fingerprint density at radius 3 is 2.50 bits per heavy atom. The van der Waals surface area contributed by atoms with E-state index in [1.807, 2.05) is 45.0 Å². The van der Waals surface area contributed by atoms with Crippen molar-refractivity contribution in [2.45, 2.75) is 32.9 Å². The minimum absolute atomic E-state index is 0.00318.